The lowest BCUT2D eigenvalue weighted by atomic mass is 10.1. The number of carboxylic acid groups (broad SMARTS) is 1. The number of rotatable bonds is 4. The third kappa shape index (κ3) is 2.52. The summed E-state index contributed by atoms with van der Waals surface area (Å²) >= 11 is 0. The van der Waals surface area contributed by atoms with Gasteiger partial charge in [-0.05, 0) is 6.07 Å². The smallest absolute Gasteiger partial charge is 0.339 e. The number of methoxy groups -OCH3 is 1. The molecule has 0 unspecified atom stereocenters. The molecule has 0 heterocycles. The van der Waals surface area contributed by atoms with Gasteiger partial charge >= 0.3 is 5.97 Å². The zero-order valence-electron chi connectivity index (χ0n) is 8.80. The maximum absolute atomic E-state index is 10.8. The molecule has 0 aromatic heterocycles. The molecule has 86 valence electrons. The predicted octanol–water partition coefficient (Wildman–Crippen LogP) is 1.07. The predicted molar refractivity (Wildman–Crippen MR) is 59.7 cm³/mol. The normalized spacial score (nSPS) is 10.6. The van der Waals surface area contributed by atoms with Gasteiger partial charge in [-0.2, -0.15) is 0 Å². The number of hydrogen-bond donors (Lipinski definition) is 3. The first-order valence-electron chi connectivity index (χ1n) is 4.61. The molecule has 0 radical (unpaired) electrons. The second-order valence-electron chi connectivity index (χ2n) is 3.05. The van der Waals surface area contributed by atoms with Crippen LogP contribution in [-0.2, 0) is 0 Å². The molecular formula is C11H13NO4. The van der Waals surface area contributed by atoms with Crippen molar-refractivity contribution in [2.45, 2.75) is 0 Å². The van der Waals surface area contributed by atoms with Gasteiger partial charge in [0, 0.05) is 18.2 Å². The SMILES string of the molecule is COc1cc(O)c(C(=O)O)cc1/C=C/CN. The van der Waals surface area contributed by atoms with E-state index in [4.69, 9.17) is 15.6 Å². The standard InChI is InChI=1S/C11H13NO4/c1-16-10-6-9(13)8(11(14)15)5-7(10)3-2-4-12/h2-3,5-6,13H,4,12H2,1H3,(H,14,15)/b3-2+. The molecule has 0 amide bonds. The lowest BCUT2D eigenvalue weighted by Crippen LogP contribution is -1.99. The molecule has 0 aliphatic carbocycles. The number of ether oxygens (including phenoxy) is 1. The zero-order valence-corrected chi connectivity index (χ0v) is 8.80. The van der Waals surface area contributed by atoms with Crippen LogP contribution < -0.4 is 10.5 Å². The topological polar surface area (TPSA) is 92.8 Å². The Morgan fingerprint density at radius 3 is 2.75 bits per heavy atom. The van der Waals surface area contributed by atoms with E-state index in [1.54, 1.807) is 12.2 Å². The van der Waals surface area contributed by atoms with E-state index in [1.165, 1.54) is 19.2 Å². The van der Waals surface area contributed by atoms with Crippen LogP contribution in [0.15, 0.2) is 18.2 Å². The molecule has 0 fully saturated rings. The molecular weight excluding hydrogens is 210 g/mol. The average molecular weight is 223 g/mol. The van der Waals surface area contributed by atoms with Crippen LogP contribution in [0.4, 0.5) is 0 Å². The van der Waals surface area contributed by atoms with Crippen LogP contribution in [0.5, 0.6) is 11.5 Å². The summed E-state index contributed by atoms with van der Waals surface area (Å²) in [6, 6.07) is 2.60. The fraction of sp³-hybridized carbons (Fsp3) is 0.182. The van der Waals surface area contributed by atoms with Crippen LogP contribution in [0.1, 0.15) is 15.9 Å². The Morgan fingerprint density at radius 2 is 2.25 bits per heavy atom. The van der Waals surface area contributed by atoms with E-state index >= 15 is 0 Å². The highest BCUT2D eigenvalue weighted by molar-refractivity contribution is 5.92. The van der Waals surface area contributed by atoms with Gasteiger partial charge in [0.2, 0.25) is 0 Å². The van der Waals surface area contributed by atoms with Crippen LogP contribution in [0.3, 0.4) is 0 Å². The highest BCUT2D eigenvalue weighted by atomic mass is 16.5. The quantitative estimate of drug-likeness (QED) is 0.710. The van der Waals surface area contributed by atoms with Gasteiger partial charge in [0.25, 0.3) is 0 Å². The Morgan fingerprint density at radius 1 is 1.56 bits per heavy atom. The lowest BCUT2D eigenvalue weighted by molar-refractivity contribution is 0.0693. The van der Waals surface area contributed by atoms with Crippen LogP contribution in [0, 0.1) is 0 Å². The molecule has 0 spiro atoms. The Labute approximate surface area is 92.8 Å². The first-order valence-corrected chi connectivity index (χ1v) is 4.61. The van der Waals surface area contributed by atoms with Crippen molar-refractivity contribution in [3.63, 3.8) is 0 Å². The number of nitrogens with two attached hydrogens (primary N) is 1. The minimum atomic E-state index is -1.19. The zero-order chi connectivity index (χ0) is 12.1. The number of benzene rings is 1. The second-order valence-corrected chi connectivity index (χ2v) is 3.05. The van der Waals surface area contributed by atoms with Crippen molar-refractivity contribution >= 4 is 12.0 Å². The Bertz CT molecular complexity index is 426. The van der Waals surface area contributed by atoms with Crippen molar-refractivity contribution < 1.29 is 19.7 Å². The molecule has 0 saturated heterocycles. The van der Waals surface area contributed by atoms with Crippen molar-refractivity contribution in [2.75, 3.05) is 13.7 Å². The minimum absolute atomic E-state index is 0.169. The van der Waals surface area contributed by atoms with Crippen LogP contribution >= 0.6 is 0 Å². The Kier molecular flexibility index (Phi) is 3.90. The summed E-state index contributed by atoms with van der Waals surface area (Å²) in [7, 11) is 1.44. The second kappa shape index (κ2) is 5.18. The van der Waals surface area contributed by atoms with Gasteiger partial charge in [-0.1, -0.05) is 12.2 Å². The number of carbonyl (C=O) groups is 1. The van der Waals surface area contributed by atoms with Gasteiger partial charge in [-0.25, -0.2) is 4.79 Å². The highest BCUT2D eigenvalue weighted by Crippen LogP contribution is 2.29. The molecule has 1 aromatic carbocycles. The number of phenols is 1. The van der Waals surface area contributed by atoms with E-state index in [9.17, 15) is 9.90 Å². The van der Waals surface area contributed by atoms with E-state index < -0.39 is 5.97 Å². The molecule has 0 bridgehead atoms. The summed E-state index contributed by atoms with van der Waals surface area (Å²) in [6.07, 6.45) is 3.31. The number of aromatic carboxylic acids is 1. The third-order valence-corrected chi connectivity index (χ3v) is 2.01. The molecule has 0 atom stereocenters. The van der Waals surface area contributed by atoms with Gasteiger partial charge in [-0.3, -0.25) is 0 Å². The first-order chi connectivity index (χ1) is 7.60. The molecule has 1 aromatic rings. The van der Waals surface area contributed by atoms with Crippen LogP contribution in [0.25, 0.3) is 6.08 Å². The van der Waals surface area contributed by atoms with Gasteiger partial charge in [0.1, 0.15) is 17.1 Å². The van der Waals surface area contributed by atoms with Crippen molar-refractivity contribution in [2.24, 2.45) is 5.73 Å². The molecule has 5 heteroatoms. The summed E-state index contributed by atoms with van der Waals surface area (Å²) in [5, 5.41) is 18.3. The van der Waals surface area contributed by atoms with E-state index in [1.807, 2.05) is 0 Å². The lowest BCUT2D eigenvalue weighted by Gasteiger charge is -2.07. The first kappa shape index (κ1) is 12.1. The maximum atomic E-state index is 10.8. The van der Waals surface area contributed by atoms with Crippen molar-refractivity contribution in [1.29, 1.82) is 0 Å². The van der Waals surface area contributed by atoms with E-state index in [-0.39, 0.29) is 11.3 Å². The molecule has 5 nitrogen and oxygen atoms in total. The third-order valence-electron chi connectivity index (χ3n) is 2.01. The minimum Gasteiger partial charge on any atom is -0.507 e. The summed E-state index contributed by atoms with van der Waals surface area (Å²) < 4.78 is 5.01. The summed E-state index contributed by atoms with van der Waals surface area (Å²) in [5.74, 6) is -1.12. The summed E-state index contributed by atoms with van der Waals surface area (Å²) in [6.45, 7) is 0.340. The molecule has 1 rings (SSSR count). The Hall–Kier alpha value is -2.01. The molecule has 0 aliphatic heterocycles. The van der Waals surface area contributed by atoms with E-state index in [2.05, 4.69) is 0 Å². The largest absolute Gasteiger partial charge is 0.507 e. The Balaban J connectivity index is 3.28. The number of aromatic hydroxyl groups is 1. The molecule has 0 aliphatic rings. The van der Waals surface area contributed by atoms with Gasteiger partial charge in [0.05, 0.1) is 7.11 Å². The summed E-state index contributed by atoms with van der Waals surface area (Å²) in [4.78, 5) is 10.8. The molecule has 4 N–H and O–H groups in total. The van der Waals surface area contributed by atoms with Gasteiger partial charge in [0.15, 0.2) is 0 Å². The van der Waals surface area contributed by atoms with Crippen molar-refractivity contribution in [3.8, 4) is 11.5 Å². The van der Waals surface area contributed by atoms with Crippen molar-refractivity contribution in [3.05, 3.63) is 29.3 Å². The number of carboxylic acids is 1. The fourth-order valence-corrected chi connectivity index (χ4v) is 1.26. The average Bonchev–Trinajstić information content (AvgIpc) is 2.26. The molecule has 16 heavy (non-hydrogen) atoms. The fourth-order valence-electron chi connectivity index (χ4n) is 1.26. The van der Waals surface area contributed by atoms with E-state index in [0.29, 0.717) is 17.9 Å². The van der Waals surface area contributed by atoms with E-state index in [0.717, 1.165) is 0 Å². The summed E-state index contributed by atoms with van der Waals surface area (Å²) in [5.41, 5.74) is 5.69. The highest BCUT2D eigenvalue weighted by Gasteiger charge is 2.13. The molecule has 0 saturated carbocycles. The monoisotopic (exact) mass is 223 g/mol. The number of hydrogen-bond acceptors (Lipinski definition) is 4. The van der Waals surface area contributed by atoms with Gasteiger partial charge in [-0.15, -0.1) is 0 Å². The van der Waals surface area contributed by atoms with Gasteiger partial charge < -0.3 is 20.7 Å². The van der Waals surface area contributed by atoms with Crippen LogP contribution in [-0.4, -0.2) is 29.8 Å². The van der Waals surface area contributed by atoms with Crippen LogP contribution in [0.2, 0.25) is 0 Å². The maximum Gasteiger partial charge on any atom is 0.339 e. The van der Waals surface area contributed by atoms with Crippen molar-refractivity contribution in [1.82, 2.24) is 0 Å².